The third kappa shape index (κ3) is 2.04. The Morgan fingerprint density at radius 1 is 1.47 bits per heavy atom. The van der Waals surface area contributed by atoms with Crippen LogP contribution in [0.3, 0.4) is 0 Å². The van der Waals surface area contributed by atoms with E-state index in [1.807, 2.05) is 6.92 Å². The number of hydrogen-bond donors (Lipinski definition) is 2. The standard InChI is InChI=1S/C9H13N5O/c1-6-7(5-11-12-6)9-14-13-8(15-9)3-2-4-10/h5H,2-4,10H2,1H3,(H,11,12). The van der Waals surface area contributed by atoms with Gasteiger partial charge in [-0.3, -0.25) is 5.10 Å². The number of rotatable bonds is 4. The second-order valence-corrected chi connectivity index (χ2v) is 3.30. The van der Waals surface area contributed by atoms with E-state index in [0.717, 1.165) is 24.1 Å². The summed E-state index contributed by atoms with van der Waals surface area (Å²) in [6.07, 6.45) is 3.25. The summed E-state index contributed by atoms with van der Waals surface area (Å²) >= 11 is 0. The highest BCUT2D eigenvalue weighted by Crippen LogP contribution is 2.19. The van der Waals surface area contributed by atoms with Gasteiger partial charge in [0.2, 0.25) is 5.89 Å². The summed E-state index contributed by atoms with van der Waals surface area (Å²) in [5, 5.41) is 14.6. The zero-order valence-corrected chi connectivity index (χ0v) is 8.53. The first kappa shape index (κ1) is 9.85. The van der Waals surface area contributed by atoms with Crippen LogP contribution in [0.1, 0.15) is 18.0 Å². The molecular formula is C9H13N5O. The highest BCUT2D eigenvalue weighted by molar-refractivity contribution is 5.53. The molecule has 2 aromatic rings. The molecular weight excluding hydrogens is 194 g/mol. The van der Waals surface area contributed by atoms with Crippen LogP contribution in [0.15, 0.2) is 10.6 Å². The molecule has 0 unspecified atom stereocenters. The SMILES string of the molecule is Cc1[nH]ncc1-c1nnc(CCCN)o1. The van der Waals surface area contributed by atoms with Gasteiger partial charge in [0.05, 0.1) is 11.8 Å². The second kappa shape index (κ2) is 4.22. The lowest BCUT2D eigenvalue weighted by Crippen LogP contribution is -2.00. The van der Waals surface area contributed by atoms with Crippen LogP contribution >= 0.6 is 0 Å². The lowest BCUT2D eigenvalue weighted by Gasteiger charge is -1.91. The minimum absolute atomic E-state index is 0.508. The summed E-state index contributed by atoms with van der Waals surface area (Å²) in [6.45, 7) is 2.54. The van der Waals surface area contributed by atoms with E-state index in [9.17, 15) is 0 Å². The summed E-state index contributed by atoms with van der Waals surface area (Å²) in [7, 11) is 0. The topological polar surface area (TPSA) is 93.6 Å². The largest absolute Gasteiger partial charge is 0.421 e. The van der Waals surface area contributed by atoms with Gasteiger partial charge in [-0.1, -0.05) is 0 Å². The van der Waals surface area contributed by atoms with Crippen molar-refractivity contribution in [3.05, 3.63) is 17.8 Å². The molecule has 15 heavy (non-hydrogen) atoms. The second-order valence-electron chi connectivity index (χ2n) is 3.30. The average molecular weight is 207 g/mol. The molecule has 0 aliphatic carbocycles. The van der Waals surface area contributed by atoms with Crippen molar-refractivity contribution in [1.82, 2.24) is 20.4 Å². The minimum Gasteiger partial charge on any atom is -0.421 e. The highest BCUT2D eigenvalue weighted by Gasteiger charge is 2.11. The zero-order valence-electron chi connectivity index (χ0n) is 8.53. The summed E-state index contributed by atoms with van der Waals surface area (Å²) in [4.78, 5) is 0. The molecule has 6 heteroatoms. The maximum absolute atomic E-state index is 5.47. The molecule has 6 nitrogen and oxygen atoms in total. The Morgan fingerprint density at radius 2 is 2.33 bits per heavy atom. The molecule has 0 atom stereocenters. The van der Waals surface area contributed by atoms with Crippen LogP contribution in [-0.2, 0) is 6.42 Å². The van der Waals surface area contributed by atoms with Crippen LogP contribution in [0.25, 0.3) is 11.5 Å². The van der Waals surface area contributed by atoms with Crippen LogP contribution in [0.4, 0.5) is 0 Å². The molecule has 0 spiro atoms. The molecule has 0 aromatic carbocycles. The van der Waals surface area contributed by atoms with Crippen molar-refractivity contribution >= 4 is 0 Å². The number of aromatic nitrogens is 4. The van der Waals surface area contributed by atoms with Crippen LogP contribution in [0, 0.1) is 6.92 Å². The van der Waals surface area contributed by atoms with Gasteiger partial charge in [0.1, 0.15) is 0 Å². The normalized spacial score (nSPS) is 10.8. The van der Waals surface area contributed by atoms with Gasteiger partial charge in [0.15, 0.2) is 0 Å². The van der Waals surface area contributed by atoms with Gasteiger partial charge in [0, 0.05) is 12.1 Å². The van der Waals surface area contributed by atoms with Gasteiger partial charge in [-0.25, -0.2) is 0 Å². The molecule has 0 saturated heterocycles. The van der Waals surface area contributed by atoms with E-state index in [2.05, 4.69) is 20.4 Å². The number of nitrogens with two attached hydrogens (primary N) is 1. The predicted octanol–water partition coefficient (Wildman–Crippen LogP) is 0.659. The van der Waals surface area contributed by atoms with Crippen molar-refractivity contribution in [2.75, 3.05) is 6.54 Å². The molecule has 0 aliphatic rings. The highest BCUT2D eigenvalue weighted by atomic mass is 16.4. The maximum atomic E-state index is 5.47. The zero-order chi connectivity index (χ0) is 10.7. The molecule has 0 aliphatic heterocycles. The molecule has 2 aromatic heterocycles. The summed E-state index contributed by atoms with van der Waals surface area (Å²) < 4.78 is 5.47. The first-order valence-electron chi connectivity index (χ1n) is 4.84. The third-order valence-corrected chi connectivity index (χ3v) is 2.12. The smallest absolute Gasteiger partial charge is 0.251 e. The molecule has 0 radical (unpaired) electrons. The van der Waals surface area contributed by atoms with E-state index in [0.29, 0.717) is 18.3 Å². The number of nitrogens with zero attached hydrogens (tertiary/aromatic N) is 3. The number of aromatic amines is 1. The molecule has 3 N–H and O–H groups in total. The quantitative estimate of drug-likeness (QED) is 0.768. The van der Waals surface area contributed by atoms with Gasteiger partial charge >= 0.3 is 0 Å². The summed E-state index contributed by atoms with van der Waals surface area (Å²) in [6, 6.07) is 0. The van der Waals surface area contributed by atoms with Crippen LogP contribution in [-0.4, -0.2) is 26.9 Å². The Kier molecular flexibility index (Phi) is 2.77. The van der Waals surface area contributed by atoms with E-state index < -0.39 is 0 Å². The molecule has 2 rings (SSSR count). The molecule has 2 heterocycles. The van der Waals surface area contributed by atoms with Crippen LogP contribution < -0.4 is 5.73 Å². The Labute approximate surface area is 86.9 Å². The first-order valence-corrected chi connectivity index (χ1v) is 4.84. The third-order valence-electron chi connectivity index (χ3n) is 2.12. The van der Waals surface area contributed by atoms with E-state index in [-0.39, 0.29) is 0 Å². The van der Waals surface area contributed by atoms with Gasteiger partial charge in [-0.05, 0) is 19.9 Å². The predicted molar refractivity (Wildman–Crippen MR) is 54.0 cm³/mol. The Morgan fingerprint density at radius 3 is 3.00 bits per heavy atom. The molecule has 0 amide bonds. The summed E-state index contributed by atoms with van der Waals surface area (Å²) in [5.41, 5.74) is 7.17. The Balaban J connectivity index is 2.17. The fourth-order valence-electron chi connectivity index (χ4n) is 1.28. The Hall–Kier alpha value is -1.69. The number of hydrogen-bond acceptors (Lipinski definition) is 5. The lowest BCUT2D eigenvalue weighted by atomic mass is 10.3. The minimum atomic E-state index is 0.508. The molecule has 0 bridgehead atoms. The van der Waals surface area contributed by atoms with Crippen LogP contribution in [0.2, 0.25) is 0 Å². The van der Waals surface area contributed by atoms with E-state index in [4.69, 9.17) is 10.2 Å². The van der Waals surface area contributed by atoms with Crippen molar-refractivity contribution in [1.29, 1.82) is 0 Å². The van der Waals surface area contributed by atoms with Crippen molar-refractivity contribution in [3.8, 4) is 11.5 Å². The number of aryl methyl sites for hydroxylation is 2. The van der Waals surface area contributed by atoms with Gasteiger partial charge < -0.3 is 10.2 Å². The summed E-state index contributed by atoms with van der Waals surface area (Å²) in [5.74, 6) is 1.13. The van der Waals surface area contributed by atoms with E-state index >= 15 is 0 Å². The first-order chi connectivity index (χ1) is 7.31. The van der Waals surface area contributed by atoms with Crippen molar-refractivity contribution in [3.63, 3.8) is 0 Å². The van der Waals surface area contributed by atoms with E-state index in [1.165, 1.54) is 0 Å². The van der Waals surface area contributed by atoms with Crippen LogP contribution in [0.5, 0.6) is 0 Å². The van der Waals surface area contributed by atoms with Crippen molar-refractivity contribution in [2.45, 2.75) is 19.8 Å². The van der Waals surface area contributed by atoms with Crippen molar-refractivity contribution < 1.29 is 4.42 Å². The fraction of sp³-hybridized carbons (Fsp3) is 0.444. The van der Waals surface area contributed by atoms with Gasteiger partial charge in [-0.2, -0.15) is 5.10 Å². The fourth-order valence-corrected chi connectivity index (χ4v) is 1.28. The molecule has 0 saturated carbocycles. The average Bonchev–Trinajstić information content (AvgIpc) is 2.83. The number of nitrogens with one attached hydrogen (secondary N) is 1. The Bertz CT molecular complexity index is 433. The molecule has 0 fully saturated rings. The van der Waals surface area contributed by atoms with E-state index in [1.54, 1.807) is 6.20 Å². The van der Waals surface area contributed by atoms with Gasteiger partial charge in [0.25, 0.3) is 5.89 Å². The molecule has 80 valence electrons. The lowest BCUT2D eigenvalue weighted by molar-refractivity contribution is 0.498. The van der Waals surface area contributed by atoms with Gasteiger partial charge in [-0.15, -0.1) is 10.2 Å². The number of H-pyrrole nitrogens is 1. The van der Waals surface area contributed by atoms with Crippen molar-refractivity contribution in [2.24, 2.45) is 5.73 Å². The monoisotopic (exact) mass is 207 g/mol. The maximum Gasteiger partial charge on any atom is 0.251 e.